The molecule has 0 spiro atoms. The lowest BCUT2D eigenvalue weighted by atomic mass is 9.90. The van der Waals surface area contributed by atoms with E-state index in [1.807, 2.05) is 36.4 Å². The van der Waals surface area contributed by atoms with Crippen molar-refractivity contribution in [2.45, 2.75) is 12.1 Å². The number of nitrogens with zero attached hydrogens (tertiary/aromatic N) is 2. The molecule has 0 unspecified atom stereocenters. The molecule has 0 radical (unpaired) electrons. The quantitative estimate of drug-likeness (QED) is 0.458. The minimum absolute atomic E-state index is 0.176. The number of fused-ring (bicyclic) bond motifs is 1. The normalized spacial score (nSPS) is 22.9. The number of benzene rings is 3. The Hall–Kier alpha value is -2.57. The Morgan fingerprint density at radius 3 is 2.13 bits per heavy atom. The molecular formula is C23H15Cl3N2O3. The van der Waals surface area contributed by atoms with Crippen molar-refractivity contribution in [3.8, 4) is 0 Å². The van der Waals surface area contributed by atoms with Crippen LogP contribution in [-0.4, -0.2) is 17.9 Å². The lowest BCUT2D eigenvalue weighted by Gasteiger charge is -2.29. The average Bonchev–Trinajstić information content (AvgIpc) is 3.26. The molecule has 2 aliphatic rings. The van der Waals surface area contributed by atoms with Gasteiger partial charge in [0.15, 0.2) is 6.10 Å². The number of halogens is 3. The fourth-order valence-corrected chi connectivity index (χ4v) is 4.93. The van der Waals surface area contributed by atoms with E-state index in [9.17, 15) is 9.59 Å². The number of rotatable bonds is 3. The number of para-hydroxylation sites is 2. The number of hydroxylamine groups is 1. The fraction of sp³-hybridized carbons (Fsp3) is 0.130. The molecule has 31 heavy (non-hydrogen) atoms. The molecule has 0 N–H and O–H groups in total. The van der Waals surface area contributed by atoms with Crippen LogP contribution in [0.5, 0.6) is 0 Å². The predicted octanol–water partition coefficient (Wildman–Crippen LogP) is 5.70. The van der Waals surface area contributed by atoms with Crippen LogP contribution in [-0.2, 0) is 14.4 Å². The largest absolute Gasteiger partial charge is 0.273 e. The molecule has 2 aliphatic heterocycles. The third-order valence-corrected chi connectivity index (χ3v) is 6.32. The van der Waals surface area contributed by atoms with Gasteiger partial charge in [-0.05, 0) is 42.0 Å². The summed E-state index contributed by atoms with van der Waals surface area (Å²) in [6.45, 7) is 0. The SMILES string of the molecule is O=C1[C@@H]2[C@@H](ON(c3ccccc3)[C@H]2c2cccc(Cl)c2)C(=O)N1c1c(Cl)cccc1Cl. The minimum atomic E-state index is -1.01. The molecule has 3 aromatic carbocycles. The number of hydrogen-bond acceptors (Lipinski definition) is 4. The highest BCUT2D eigenvalue weighted by Crippen LogP contribution is 2.49. The number of carbonyl (C=O) groups excluding carboxylic acids is 2. The van der Waals surface area contributed by atoms with Crippen LogP contribution in [0.4, 0.5) is 11.4 Å². The van der Waals surface area contributed by atoms with E-state index in [0.29, 0.717) is 5.02 Å². The Kier molecular flexibility index (Phi) is 5.15. The predicted molar refractivity (Wildman–Crippen MR) is 120 cm³/mol. The molecule has 5 rings (SSSR count). The van der Waals surface area contributed by atoms with Crippen molar-refractivity contribution < 1.29 is 14.4 Å². The van der Waals surface area contributed by atoms with Gasteiger partial charge in [-0.3, -0.25) is 14.4 Å². The highest BCUT2D eigenvalue weighted by atomic mass is 35.5. The average molecular weight is 474 g/mol. The number of carbonyl (C=O) groups is 2. The molecule has 2 saturated heterocycles. The van der Waals surface area contributed by atoms with Gasteiger partial charge < -0.3 is 0 Å². The fourth-order valence-electron chi connectivity index (χ4n) is 4.17. The molecule has 2 heterocycles. The number of hydrogen-bond donors (Lipinski definition) is 0. The van der Waals surface area contributed by atoms with E-state index in [4.69, 9.17) is 39.6 Å². The van der Waals surface area contributed by atoms with Crippen LogP contribution < -0.4 is 9.96 Å². The minimum Gasteiger partial charge on any atom is -0.273 e. The lowest BCUT2D eigenvalue weighted by molar-refractivity contribution is -0.126. The molecule has 0 aromatic heterocycles. The van der Waals surface area contributed by atoms with Gasteiger partial charge >= 0.3 is 0 Å². The van der Waals surface area contributed by atoms with Gasteiger partial charge in [-0.2, -0.15) is 0 Å². The molecule has 5 nitrogen and oxygen atoms in total. The van der Waals surface area contributed by atoms with Gasteiger partial charge in [0.2, 0.25) is 5.91 Å². The summed E-state index contributed by atoms with van der Waals surface area (Å²) in [4.78, 5) is 34.1. The summed E-state index contributed by atoms with van der Waals surface area (Å²) in [6.07, 6.45) is -1.01. The molecule has 2 amide bonds. The first kappa shape index (κ1) is 20.3. The number of amides is 2. The van der Waals surface area contributed by atoms with Crippen molar-refractivity contribution in [3.63, 3.8) is 0 Å². The Bertz CT molecular complexity index is 1170. The summed E-state index contributed by atoms with van der Waals surface area (Å²) in [5, 5.41) is 2.57. The van der Waals surface area contributed by atoms with Gasteiger partial charge in [0.1, 0.15) is 5.92 Å². The zero-order chi connectivity index (χ0) is 21.7. The van der Waals surface area contributed by atoms with Crippen LogP contribution in [0.25, 0.3) is 0 Å². The lowest BCUT2D eigenvalue weighted by Crippen LogP contribution is -2.37. The van der Waals surface area contributed by atoms with Crippen LogP contribution >= 0.6 is 34.8 Å². The second-order valence-electron chi connectivity index (χ2n) is 7.30. The summed E-state index contributed by atoms with van der Waals surface area (Å²) < 4.78 is 0. The van der Waals surface area contributed by atoms with Gasteiger partial charge in [-0.25, -0.2) is 9.96 Å². The van der Waals surface area contributed by atoms with Gasteiger partial charge in [-0.1, -0.05) is 71.2 Å². The van der Waals surface area contributed by atoms with E-state index in [0.717, 1.165) is 16.2 Å². The molecule has 3 atom stereocenters. The summed E-state index contributed by atoms with van der Waals surface area (Å²) in [5.41, 5.74) is 1.66. The molecule has 2 fully saturated rings. The molecule has 156 valence electrons. The van der Waals surface area contributed by atoms with Crippen molar-refractivity contribution >= 4 is 58.0 Å². The zero-order valence-corrected chi connectivity index (χ0v) is 18.2. The summed E-state index contributed by atoms with van der Waals surface area (Å²) in [7, 11) is 0. The second-order valence-corrected chi connectivity index (χ2v) is 8.55. The topological polar surface area (TPSA) is 49.9 Å². The number of anilines is 2. The summed E-state index contributed by atoms with van der Waals surface area (Å²) in [5.74, 6) is -1.72. The van der Waals surface area contributed by atoms with Crippen molar-refractivity contribution in [2.75, 3.05) is 9.96 Å². The van der Waals surface area contributed by atoms with Crippen LogP contribution in [0.1, 0.15) is 11.6 Å². The summed E-state index contributed by atoms with van der Waals surface area (Å²) in [6, 6.07) is 20.8. The maximum atomic E-state index is 13.6. The van der Waals surface area contributed by atoms with E-state index in [1.165, 1.54) is 0 Å². The first-order chi connectivity index (χ1) is 15.0. The van der Waals surface area contributed by atoms with E-state index < -0.39 is 29.9 Å². The summed E-state index contributed by atoms with van der Waals surface area (Å²) >= 11 is 18.8. The third-order valence-electron chi connectivity index (χ3n) is 5.48. The first-order valence-corrected chi connectivity index (χ1v) is 10.7. The molecule has 0 saturated carbocycles. The molecular weight excluding hydrogens is 459 g/mol. The monoisotopic (exact) mass is 472 g/mol. The van der Waals surface area contributed by atoms with Crippen molar-refractivity contribution in [2.24, 2.45) is 5.92 Å². The van der Waals surface area contributed by atoms with Gasteiger partial charge in [0.05, 0.1) is 27.5 Å². The third kappa shape index (κ3) is 3.29. The van der Waals surface area contributed by atoms with Crippen molar-refractivity contribution in [1.82, 2.24) is 0 Å². The smallest absolute Gasteiger partial charge is 0.266 e. The van der Waals surface area contributed by atoms with E-state index >= 15 is 0 Å². The maximum absolute atomic E-state index is 13.6. The van der Waals surface area contributed by atoms with Crippen LogP contribution in [0, 0.1) is 5.92 Å². The Labute approximate surface area is 193 Å². The highest BCUT2D eigenvalue weighted by Gasteiger charge is 2.60. The molecule has 3 aromatic rings. The second kappa shape index (κ2) is 7.84. The molecule has 0 aliphatic carbocycles. The Morgan fingerprint density at radius 1 is 0.774 bits per heavy atom. The van der Waals surface area contributed by atoms with Crippen molar-refractivity contribution in [1.29, 1.82) is 0 Å². The maximum Gasteiger partial charge on any atom is 0.266 e. The molecule has 8 heteroatoms. The van der Waals surface area contributed by atoms with E-state index in [-0.39, 0.29) is 15.7 Å². The standard InChI is InChI=1S/C23H15Cl3N2O3/c24-14-7-4-6-13(12-14)19-18-21(31-28(19)15-8-2-1-3-9-15)23(30)27(22(18)29)20-16(25)10-5-11-17(20)26/h1-12,18-19,21H/t18-,19-,21+/m0/s1. The van der Waals surface area contributed by atoms with Gasteiger partial charge in [0.25, 0.3) is 5.91 Å². The van der Waals surface area contributed by atoms with Gasteiger partial charge in [-0.15, -0.1) is 0 Å². The number of imide groups is 1. The first-order valence-electron chi connectivity index (χ1n) is 9.55. The molecule has 0 bridgehead atoms. The Morgan fingerprint density at radius 2 is 1.45 bits per heavy atom. The van der Waals surface area contributed by atoms with Crippen LogP contribution in [0.2, 0.25) is 15.1 Å². The van der Waals surface area contributed by atoms with Crippen LogP contribution in [0.15, 0.2) is 72.8 Å². The van der Waals surface area contributed by atoms with Crippen molar-refractivity contribution in [3.05, 3.63) is 93.4 Å². The van der Waals surface area contributed by atoms with Gasteiger partial charge in [0, 0.05) is 5.02 Å². The van der Waals surface area contributed by atoms with E-state index in [2.05, 4.69) is 0 Å². The Balaban J connectivity index is 1.62. The van der Waals surface area contributed by atoms with E-state index in [1.54, 1.807) is 41.5 Å². The zero-order valence-electron chi connectivity index (χ0n) is 15.9. The van der Waals surface area contributed by atoms with Crippen LogP contribution in [0.3, 0.4) is 0 Å². The highest BCUT2D eigenvalue weighted by molar-refractivity contribution is 6.42.